The van der Waals surface area contributed by atoms with Crippen LogP contribution in [0, 0.1) is 6.92 Å². The van der Waals surface area contributed by atoms with Gasteiger partial charge in [-0.15, -0.1) is 0 Å². The smallest absolute Gasteiger partial charge is 0.306 e. The zero-order valence-corrected chi connectivity index (χ0v) is 8.26. The molecule has 0 aliphatic rings. The van der Waals surface area contributed by atoms with E-state index in [4.69, 9.17) is 5.73 Å². The molecule has 1 aromatic carbocycles. The highest BCUT2D eigenvalue weighted by atomic mass is 32.2. The van der Waals surface area contributed by atoms with Crippen LogP contribution in [0.25, 0.3) is 0 Å². The molecule has 0 radical (unpaired) electrons. The van der Waals surface area contributed by atoms with E-state index in [-0.39, 0.29) is 5.75 Å². The average Bonchev–Trinajstić information content (AvgIpc) is 1.94. The van der Waals surface area contributed by atoms with E-state index >= 15 is 0 Å². The third kappa shape index (κ3) is 2.95. The van der Waals surface area contributed by atoms with Gasteiger partial charge in [-0.05, 0) is 18.6 Å². The van der Waals surface area contributed by atoms with Crippen molar-refractivity contribution in [3.63, 3.8) is 0 Å². The maximum absolute atomic E-state index is 10.7. The fourth-order valence-corrected chi connectivity index (χ4v) is 1.30. The van der Waals surface area contributed by atoms with E-state index in [9.17, 15) is 8.42 Å². The van der Waals surface area contributed by atoms with Crippen LogP contribution in [0.15, 0.2) is 18.2 Å². The van der Waals surface area contributed by atoms with Crippen LogP contribution in [0.2, 0.25) is 0 Å². The summed E-state index contributed by atoms with van der Waals surface area (Å²) in [5.74, 6) is 0.241. The van der Waals surface area contributed by atoms with Crippen molar-refractivity contribution in [1.29, 1.82) is 0 Å². The molecule has 0 saturated heterocycles. The van der Waals surface area contributed by atoms with Crippen LogP contribution in [0.5, 0.6) is 5.75 Å². The van der Waals surface area contributed by atoms with Crippen molar-refractivity contribution in [3.8, 4) is 5.75 Å². The first-order valence-corrected chi connectivity index (χ1v) is 5.46. The monoisotopic (exact) mass is 201 g/mol. The third-order valence-corrected chi connectivity index (χ3v) is 1.99. The van der Waals surface area contributed by atoms with Gasteiger partial charge < -0.3 is 9.92 Å². The molecule has 0 saturated carbocycles. The van der Waals surface area contributed by atoms with Gasteiger partial charge in [-0.2, -0.15) is 8.42 Å². The summed E-state index contributed by atoms with van der Waals surface area (Å²) in [6.07, 6.45) is 0.989. The SMILES string of the molecule is Cc1ccc(OS(C)(=O)=O)cc1N. The molecule has 0 spiro atoms. The molecule has 5 heteroatoms. The largest absolute Gasteiger partial charge is 0.398 e. The van der Waals surface area contributed by atoms with E-state index < -0.39 is 10.1 Å². The topological polar surface area (TPSA) is 69.4 Å². The van der Waals surface area contributed by atoms with Gasteiger partial charge in [-0.3, -0.25) is 0 Å². The van der Waals surface area contributed by atoms with E-state index in [1.54, 1.807) is 12.1 Å². The number of nitrogens with two attached hydrogens (primary N) is 1. The molecule has 2 N–H and O–H groups in total. The molecule has 0 heterocycles. The normalized spacial score (nSPS) is 11.2. The molecule has 0 atom stereocenters. The number of benzene rings is 1. The Morgan fingerprint density at radius 3 is 2.46 bits per heavy atom. The Morgan fingerprint density at radius 1 is 1.38 bits per heavy atom. The Morgan fingerprint density at radius 2 is 2.00 bits per heavy atom. The van der Waals surface area contributed by atoms with Crippen LogP contribution >= 0.6 is 0 Å². The van der Waals surface area contributed by atoms with Gasteiger partial charge in [-0.1, -0.05) is 6.07 Å². The van der Waals surface area contributed by atoms with Crippen LogP contribution in [-0.2, 0) is 10.1 Å². The molecule has 0 amide bonds. The predicted octanol–water partition coefficient (Wildman–Crippen LogP) is 0.916. The lowest BCUT2D eigenvalue weighted by Gasteiger charge is -2.04. The predicted molar refractivity (Wildman–Crippen MR) is 51.1 cm³/mol. The zero-order chi connectivity index (χ0) is 10.1. The fourth-order valence-electron chi connectivity index (χ4n) is 0.845. The minimum atomic E-state index is -3.46. The number of aryl methyl sites for hydroxylation is 1. The Hall–Kier alpha value is -1.23. The van der Waals surface area contributed by atoms with Crippen molar-refractivity contribution >= 4 is 15.8 Å². The van der Waals surface area contributed by atoms with E-state index in [1.165, 1.54) is 6.07 Å². The van der Waals surface area contributed by atoms with Gasteiger partial charge in [0.15, 0.2) is 0 Å². The van der Waals surface area contributed by atoms with Crippen LogP contribution < -0.4 is 9.92 Å². The summed E-state index contributed by atoms with van der Waals surface area (Å²) in [6, 6.07) is 4.75. The maximum Gasteiger partial charge on any atom is 0.306 e. The first-order valence-electron chi connectivity index (χ1n) is 3.64. The Bertz CT molecular complexity index is 411. The molecule has 4 nitrogen and oxygen atoms in total. The minimum absolute atomic E-state index is 0.241. The van der Waals surface area contributed by atoms with Gasteiger partial charge >= 0.3 is 10.1 Å². The molecule has 72 valence electrons. The second-order valence-electron chi connectivity index (χ2n) is 2.81. The van der Waals surface area contributed by atoms with E-state index in [2.05, 4.69) is 4.18 Å². The van der Waals surface area contributed by atoms with Gasteiger partial charge in [0.05, 0.1) is 6.26 Å². The highest BCUT2D eigenvalue weighted by Crippen LogP contribution is 2.19. The van der Waals surface area contributed by atoms with Crippen molar-refractivity contribution in [2.45, 2.75) is 6.92 Å². The van der Waals surface area contributed by atoms with Crippen LogP contribution in [0.3, 0.4) is 0 Å². The molecule has 0 aromatic heterocycles. The van der Waals surface area contributed by atoms with E-state index in [0.29, 0.717) is 5.69 Å². The number of rotatable bonds is 2. The lowest BCUT2D eigenvalue weighted by atomic mass is 10.2. The summed E-state index contributed by atoms with van der Waals surface area (Å²) in [6.45, 7) is 1.83. The zero-order valence-electron chi connectivity index (χ0n) is 7.44. The molecule has 0 aliphatic heterocycles. The van der Waals surface area contributed by atoms with Gasteiger partial charge in [0.2, 0.25) is 0 Å². The summed E-state index contributed by atoms with van der Waals surface area (Å²) < 4.78 is 26.1. The maximum atomic E-state index is 10.7. The van der Waals surface area contributed by atoms with Crippen molar-refractivity contribution in [2.75, 3.05) is 12.0 Å². The summed E-state index contributed by atoms with van der Waals surface area (Å²) in [5.41, 5.74) is 6.97. The standard InChI is InChI=1S/C8H11NO3S/c1-6-3-4-7(5-8(6)9)12-13(2,10)11/h3-5H,9H2,1-2H3. The lowest BCUT2D eigenvalue weighted by molar-refractivity contribution is 0.493. The van der Waals surface area contributed by atoms with Crippen molar-refractivity contribution in [1.82, 2.24) is 0 Å². The molecule has 1 aromatic rings. The highest BCUT2D eigenvalue weighted by molar-refractivity contribution is 7.86. The summed E-state index contributed by atoms with van der Waals surface area (Å²) in [5, 5.41) is 0. The van der Waals surface area contributed by atoms with Gasteiger partial charge in [-0.25, -0.2) is 0 Å². The summed E-state index contributed by atoms with van der Waals surface area (Å²) in [7, 11) is -3.46. The molecule has 0 bridgehead atoms. The second kappa shape index (κ2) is 3.26. The minimum Gasteiger partial charge on any atom is -0.398 e. The molecule has 13 heavy (non-hydrogen) atoms. The molecule has 0 aliphatic carbocycles. The van der Waals surface area contributed by atoms with Gasteiger partial charge in [0.1, 0.15) is 5.75 Å². The third-order valence-electron chi connectivity index (χ3n) is 1.50. The fraction of sp³-hybridized carbons (Fsp3) is 0.250. The Balaban J connectivity index is 2.99. The number of hydrogen-bond acceptors (Lipinski definition) is 4. The number of nitrogen functional groups attached to an aromatic ring is 1. The summed E-state index contributed by atoms with van der Waals surface area (Å²) >= 11 is 0. The lowest BCUT2D eigenvalue weighted by Crippen LogP contribution is -2.06. The molecular weight excluding hydrogens is 190 g/mol. The summed E-state index contributed by atoms with van der Waals surface area (Å²) in [4.78, 5) is 0. The quantitative estimate of drug-likeness (QED) is 0.570. The van der Waals surface area contributed by atoms with Gasteiger partial charge in [0.25, 0.3) is 0 Å². The molecule has 0 fully saturated rings. The first-order chi connectivity index (χ1) is 5.88. The number of anilines is 1. The molecule has 0 unspecified atom stereocenters. The average molecular weight is 201 g/mol. The Kier molecular flexibility index (Phi) is 2.47. The van der Waals surface area contributed by atoms with Crippen LogP contribution in [0.4, 0.5) is 5.69 Å². The molecular formula is C8H11NO3S. The number of hydrogen-bond donors (Lipinski definition) is 1. The van der Waals surface area contributed by atoms with E-state index in [1.807, 2.05) is 6.92 Å². The second-order valence-corrected chi connectivity index (χ2v) is 4.38. The van der Waals surface area contributed by atoms with Crippen molar-refractivity contribution < 1.29 is 12.6 Å². The van der Waals surface area contributed by atoms with Crippen LogP contribution in [0.1, 0.15) is 5.56 Å². The van der Waals surface area contributed by atoms with Crippen molar-refractivity contribution in [2.24, 2.45) is 0 Å². The molecule has 1 rings (SSSR count). The van der Waals surface area contributed by atoms with Gasteiger partial charge in [0, 0.05) is 11.8 Å². The van der Waals surface area contributed by atoms with E-state index in [0.717, 1.165) is 11.8 Å². The first kappa shape index (κ1) is 9.85. The Labute approximate surface area is 77.4 Å². The van der Waals surface area contributed by atoms with Crippen LogP contribution in [-0.4, -0.2) is 14.7 Å². The van der Waals surface area contributed by atoms with Crippen molar-refractivity contribution in [3.05, 3.63) is 23.8 Å². The highest BCUT2D eigenvalue weighted by Gasteiger charge is 2.04.